The second kappa shape index (κ2) is 12.8. The fourth-order valence-corrected chi connectivity index (χ4v) is 14.5. The Hall–Kier alpha value is -2.25. The normalized spacial score (nSPS) is 14.4. The molecule has 0 saturated carbocycles. The summed E-state index contributed by atoms with van der Waals surface area (Å²) in [6, 6.07) is 27.9. The van der Waals surface area contributed by atoms with E-state index in [0.29, 0.717) is 3.63 Å². The maximum Gasteiger partial charge on any atom is -1.00 e. The summed E-state index contributed by atoms with van der Waals surface area (Å²) < 4.78 is 10.5. The van der Waals surface area contributed by atoms with Gasteiger partial charge in [-0.15, -0.1) is 0 Å². The predicted octanol–water partition coefficient (Wildman–Crippen LogP) is 3.99. The van der Waals surface area contributed by atoms with Crippen molar-refractivity contribution in [2.45, 2.75) is 68.8 Å². The van der Waals surface area contributed by atoms with E-state index in [1.54, 1.807) is 14.4 Å². The van der Waals surface area contributed by atoms with Gasteiger partial charge in [0.25, 0.3) is 0 Å². The topological polar surface area (TPSA) is 13.1 Å². The second-order valence-corrected chi connectivity index (χ2v) is 19.5. The van der Waals surface area contributed by atoms with Crippen molar-refractivity contribution in [1.82, 2.24) is 0 Å². The van der Waals surface area contributed by atoms with E-state index >= 15 is 0 Å². The maximum absolute atomic E-state index is 5.56. The molecule has 0 N–H and O–H groups in total. The number of halogens is 2. The van der Waals surface area contributed by atoms with Crippen LogP contribution in [0.1, 0.15) is 85.0 Å². The van der Waals surface area contributed by atoms with Gasteiger partial charge < -0.3 is 24.8 Å². The molecule has 1 aromatic heterocycles. The molecule has 4 heteroatoms. The molecule has 2 aliphatic rings. The van der Waals surface area contributed by atoms with Crippen molar-refractivity contribution < 1.29 is 50.5 Å². The first-order valence-electron chi connectivity index (χ1n) is 14.6. The molecule has 0 atom stereocenters. The van der Waals surface area contributed by atoms with E-state index in [9.17, 15) is 0 Å². The number of rotatable bonds is 5. The number of benzene rings is 3. The molecule has 0 aliphatic heterocycles. The number of furan rings is 1. The Kier molecular flexibility index (Phi) is 9.94. The molecule has 0 saturated heterocycles. The summed E-state index contributed by atoms with van der Waals surface area (Å²) in [6.45, 7) is 14.0. The van der Waals surface area contributed by atoms with E-state index in [0.717, 1.165) is 12.8 Å². The summed E-state index contributed by atoms with van der Waals surface area (Å²) in [5.41, 5.74) is 13.1. The summed E-state index contributed by atoms with van der Waals surface area (Å²) in [4.78, 5) is 0. The molecule has 0 amide bonds. The van der Waals surface area contributed by atoms with Crippen molar-refractivity contribution in [2.75, 3.05) is 0 Å². The van der Waals surface area contributed by atoms with Crippen LogP contribution in [0.25, 0.3) is 16.7 Å². The Labute approximate surface area is 272 Å². The van der Waals surface area contributed by atoms with E-state index in [2.05, 4.69) is 130 Å². The summed E-state index contributed by atoms with van der Waals surface area (Å²) in [5.74, 6) is 0. The molecule has 1 nitrogen and oxygen atoms in total. The first kappa shape index (κ1) is 32.7. The average molecular weight is 675 g/mol. The zero-order valence-corrected chi connectivity index (χ0v) is 29.4. The smallest absolute Gasteiger partial charge is 1.00 e. The first-order valence-corrected chi connectivity index (χ1v) is 18.6. The standard InChI is InChI=1S/C21H25.C9H7O.C8H8.2ClH.Zr/c1-20(2,3)16-9-7-14-11-15-8-10-17(21(4,5)6)13-19(15)18(14)12-16;1-2-4-8(3-1)9-5-6-10-7-9;1-2-8-6-4-3-5-7-8;;;/h7-13H,1-6H3;1,3,5-7H,2H2;1,3-7H,2H2;2*1H;/q;;;;;+2/p-2. The zero-order valence-electron chi connectivity index (χ0n) is 25.5. The van der Waals surface area contributed by atoms with Crippen LogP contribution in [0, 0.1) is 0 Å². The van der Waals surface area contributed by atoms with Gasteiger partial charge in [0.1, 0.15) is 0 Å². The number of fused-ring (bicyclic) bond motifs is 3. The Bertz CT molecular complexity index is 1580. The zero-order chi connectivity index (χ0) is 28.1. The fourth-order valence-electron chi connectivity index (χ4n) is 6.24. The summed E-state index contributed by atoms with van der Waals surface area (Å²) in [6.07, 6.45) is 10.5. The van der Waals surface area contributed by atoms with Crippen molar-refractivity contribution in [2.24, 2.45) is 0 Å². The van der Waals surface area contributed by atoms with Crippen molar-refractivity contribution >= 4 is 9.28 Å². The minimum absolute atomic E-state index is 0. The SMILES string of the molecule is CC(C)(C)c1ccc2c(c1)-c1cc(C(C)(C)C)ccc1[CH]2/[Zr+2](=[CH]\Cc1ccccc1)[C]1=C(c2ccoc2)C=CC1.[Cl-].[Cl-]. The first-order chi connectivity index (χ1) is 19.1. The molecule has 6 rings (SSSR count). The molecule has 0 radical (unpaired) electrons. The Morgan fingerprint density at radius 2 is 1.38 bits per heavy atom. The Morgan fingerprint density at radius 3 is 1.90 bits per heavy atom. The van der Waals surface area contributed by atoms with Gasteiger partial charge in [-0.05, 0) is 0 Å². The molecule has 42 heavy (non-hydrogen) atoms. The molecule has 0 fully saturated rings. The summed E-state index contributed by atoms with van der Waals surface area (Å²) in [7, 11) is 0. The van der Waals surface area contributed by atoms with Crippen molar-refractivity contribution in [1.29, 1.82) is 0 Å². The Morgan fingerprint density at radius 1 is 0.786 bits per heavy atom. The van der Waals surface area contributed by atoms with Crippen LogP contribution in [0.3, 0.4) is 0 Å². The molecule has 0 bridgehead atoms. The fraction of sp³-hybridized carbons (Fsp3) is 0.289. The molecule has 3 aromatic carbocycles. The van der Waals surface area contributed by atoms with Gasteiger partial charge >= 0.3 is 249 Å². The van der Waals surface area contributed by atoms with Crippen molar-refractivity contribution in [3.05, 3.63) is 134 Å². The average Bonchev–Trinajstić information content (AvgIpc) is 3.68. The van der Waals surface area contributed by atoms with Gasteiger partial charge in [0.05, 0.1) is 0 Å². The van der Waals surface area contributed by atoms with E-state index in [-0.39, 0.29) is 35.6 Å². The minimum atomic E-state index is -2.45. The van der Waals surface area contributed by atoms with Crippen LogP contribution in [0.4, 0.5) is 0 Å². The second-order valence-electron chi connectivity index (χ2n) is 13.4. The molecular weight excluding hydrogens is 635 g/mol. The largest absolute Gasteiger partial charge is 1.00 e. The van der Waals surface area contributed by atoms with Gasteiger partial charge in [-0.3, -0.25) is 0 Å². The molecule has 0 spiro atoms. The Balaban J connectivity index is 0.00000202. The van der Waals surface area contributed by atoms with Gasteiger partial charge in [0.15, 0.2) is 0 Å². The van der Waals surface area contributed by atoms with Gasteiger partial charge in [-0.25, -0.2) is 0 Å². The van der Waals surface area contributed by atoms with Crippen LogP contribution >= 0.6 is 0 Å². The van der Waals surface area contributed by atoms with Gasteiger partial charge in [0.2, 0.25) is 0 Å². The van der Waals surface area contributed by atoms with Crippen LogP contribution in [0.5, 0.6) is 0 Å². The number of allylic oxidation sites excluding steroid dienone is 4. The molecule has 216 valence electrons. The van der Waals surface area contributed by atoms with Crippen LogP contribution in [-0.4, -0.2) is 3.71 Å². The molecule has 2 aliphatic carbocycles. The van der Waals surface area contributed by atoms with E-state index in [1.165, 1.54) is 39.0 Å². The molecule has 1 heterocycles. The maximum atomic E-state index is 5.56. The predicted molar refractivity (Wildman–Crippen MR) is 167 cm³/mol. The van der Waals surface area contributed by atoms with Crippen molar-refractivity contribution in [3.63, 3.8) is 0 Å². The van der Waals surface area contributed by atoms with Crippen LogP contribution < -0.4 is 24.8 Å². The van der Waals surface area contributed by atoms with E-state index in [1.807, 2.05) is 12.5 Å². The van der Waals surface area contributed by atoms with Gasteiger partial charge in [-0.1, -0.05) is 0 Å². The molecule has 4 aromatic rings. The molecule has 0 unspecified atom stereocenters. The van der Waals surface area contributed by atoms with E-state index < -0.39 is 21.3 Å². The third-order valence-electron chi connectivity index (χ3n) is 8.57. The summed E-state index contributed by atoms with van der Waals surface area (Å²) >= 11 is -2.45. The third kappa shape index (κ3) is 6.33. The van der Waals surface area contributed by atoms with Gasteiger partial charge in [0, 0.05) is 0 Å². The monoisotopic (exact) mass is 672 g/mol. The van der Waals surface area contributed by atoms with Crippen LogP contribution in [0.15, 0.2) is 105 Å². The molecular formula is C38H40Cl2OZr. The van der Waals surface area contributed by atoms with Crippen LogP contribution in [-0.2, 0) is 38.5 Å². The van der Waals surface area contributed by atoms with Crippen molar-refractivity contribution in [3.8, 4) is 11.1 Å². The quantitative estimate of drug-likeness (QED) is 0.313. The van der Waals surface area contributed by atoms with Crippen LogP contribution in [0.2, 0.25) is 0 Å². The number of hydrogen-bond acceptors (Lipinski definition) is 1. The summed E-state index contributed by atoms with van der Waals surface area (Å²) in [5, 5.41) is 0. The van der Waals surface area contributed by atoms with E-state index in [4.69, 9.17) is 4.42 Å². The minimum Gasteiger partial charge on any atom is -1.00 e. The van der Waals surface area contributed by atoms with Gasteiger partial charge in [-0.2, -0.15) is 0 Å². The third-order valence-corrected chi connectivity index (χ3v) is 16.1. The number of hydrogen-bond donors (Lipinski definition) is 0.